The monoisotopic (exact) mass is 574 g/mol. The maximum atomic E-state index is 11.0. The lowest BCUT2D eigenvalue weighted by Crippen LogP contribution is -2.56. The van der Waals surface area contributed by atoms with E-state index >= 15 is 0 Å². The third-order valence-electron chi connectivity index (χ3n) is 20.3. The van der Waals surface area contributed by atoms with E-state index in [0.29, 0.717) is 23.7 Å². The molecule has 26 unspecified atom stereocenters. The molecule has 220 valence electrons. The first kappa shape index (κ1) is 22.5. The summed E-state index contributed by atoms with van der Waals surface area (Å²) in [6.45, 7) is 0. The molecule has 0 spiro atoms. The first-order valence-corrected chi connectivity index (χ1v) is 19.5. The van der Waals surface area contributed by atoms with Crippen LogP contribution in [0.1, 0.15) is 38.5 Å². The molecule has 0 amide bonds. The standard InChI is InChI=1S/C42H42N2/c43-11-22-23(12-44)26-19-9-7-17-16-5-4-13-2-1-3-14-15-6-8-18-25(22)34-35(26)39-31(19)29(17)36-27(16)24(13)21-10-20(14)32-28(15)30(18)38(34)41-37(32)33(21)40(36)42(39)41/h4-5,7,9,13-25,27-34,37-39,41-42H,1-3,6,8,10H2. The van der Waals surface area contributed by atoms with Crippen LogP contribution in [0, 0.1) is 177 Å². The van der Waals surface area contributed by atoms with Crippen LogP contribution in [0.3, 0.4) is 0 Å². The van der Waals surface area contributed by atoms with Gasteiger partial charge in [0.1, 0.15) is 0 Å². The molecule has 9 fully saturated rings. The van der Waals surface area contributed by atoms with Gasteiger partial charge in [0.25, 0.3) is 0 Å². The molecule has 26 atom stereocenters. The van der Waals surface area contributed by atoms with Gasteiger partial charge in [-0.15, -0.1) is 0 Å². The molecule has 0 heterocycles. The first-order chi connectivity index (χ1) is 21.8. The second-order valence-electron chi connectivity index (χ2n) is 19.6. The molecule has 15 aliphatic rings. The molecule has 0 aliphatic heterocycles. The fourth-order valence-electron chi connectivity index (χ4n) is 21.0. The highest BCUT2D eigenvalue weighted by Crippen LogP contribution is 2.88. The molecule has 2 nitrogen and oxygen atoms in total. The maximum Gasteiger partial charge on any atom is 0.0842 e. The molecule has 0 N–H and O–H groups in total. The van der Waals surface area contributed by atoms with E-state index in [4.69, 9.17) is 0 Å². The predicted molar refractivity (Wildman–Crippen MR) is 162 cm³/mol. The van der Waals surface area contributed by atoms with Gasteiger partial charge in [0.05, 0.1) is 24.0 Å². The third kappa shape index (κ3) is 1.81. The van der Waals surface area contributed by atoms with Crippen LogP contribution in [0.5, 0.6) is 0 Å². The molecule has 9 saturated carbocycles. The van der Waals surface area contributed by atoms with Crippen molar-refractivity contribution in [3.8, 4) is 12.1 Å². The van der Waals surface area contributed by atoms with Crippen LogP contribution >= 0.6 is 0 Å². The number of rotatable bonds is 0. The van der Waals surface area contributed by atoms with Gasteiger partial charge in [0.15, 0.2) is 0 Å². The molecule has 2 heteroatoms. The van der Waals surface area contributed by atoms with E-state index in [1.165, 1.54) is 32.1 Å². The first-order valence-electron chi connectivity index (χ1n) is 19.5. The average molecular weight is 575 g/mol. The van der Waals surface area contributed by atoms with Gasteiger partial charge in [-0.3, -0.25) is 0 Å². The number of nitriles is 2. The fraction of sp³-hybridized carbons (Fsp3) is 0.762. The summed E-state index contributed by atoms with van der Waals surface area (Å²) in [6.07, 6.45) is 20.0. The van der Waals surface area contributed by atoms with Gasteiger partial charge in [0, 0.05) is 5.92 Å². The van der Waals surface area contributed by atoms with Crippen molar-refractivity contribution >= 4 is 0 Å². The van der Waals surface area contributed by atoms with Crippen LogP contribution in [-0.2, 0) is 0 Å². The zero-order valence-electron chi connectivity index (χ0n) is 25.5. The minimum Gasteiger partial charge on any atom is -0.198 e. The molecule has 0 radical (unpaired) electrons. The van der Waals surface area contributed by atoms with Gasteiger partial charge >= 0.3 is 0 Å². The normalized spacial score (nSPS) is 72.0. The van der Waals surface area contributed by atoms with Crippen molar-refractivity contribution in [3.05, 3.63) is 46.6 Å². The summed E-state index contributed by atoms with van der Waals surface area (Å²) in [6, 6.07) is 5.89. The molecule has 15 rings (SSSR count). The Morgan fingerprint density at radius 2 is 1.18 bits per heavy atom. The van der Waals surface area contributed by atoms with Crippen LogP contribution < -0.4 is 0 Å². The van der Waals surface area contributed by atoms with Gasteiger partial charge in [-0.2, -0.15) is 10.5 Å². The number of fused-ring (bicyclic) bond motifs is 4. The smallest absolute Gasteiger partial charge is 0.0842 e. The van der Waals surface area contributed by atoms with E-state index in [9.17, 15) is 10.5 Å². The summed E-state index contributed by atoms with van der Waals surface area (Å²) in [7, 11) is 0. The van der Waals surface area contributed by atoms with Crippen LogP contribution in [0.4, 0.5) is 0 Å². The van der Waals surface area contributed by atoms with Crippen molar-refractivity contribution in [3.63, 3.8) is 0 Å². The minimum atomic E-state index is -0.143. The maximum absolute atomic E-state index is 11.0. The Morgan fingerprint density at radius 1 is 0.477 bits per heavy atom. The quantitative estimate of drug-likeness (QED) is 0.285. The second kappa shape index (κ2) is 6.54. The molecule has 0 aromatic heterocycles. The second-order valence-corrected chi connectivity index (χ2v) is 19.6. The Labute approximate surface area is 261 Å². The van der Waals surface area contributed by atoms with Crippen molar-refractivity contribution in [2.75, 3.05) is 0 Å². The highest BCUT2D eigenvalue weighted by molar-refractivity contribution is 5.57. The fourth-order valence-corrected chi connectivity index (χ4v) is 21.0. The largest absolute Gasteiger partial charge is 0.198 e. The molecular weight excluding hydrogens is 532 g/mol. The van der Waals surface area contributed by atoms with E-state index in [-0.39, 0.29) is 11.8 Å². The van der Waals surface area contributed by atoms with Crippen molar-refractivity contribution in [1.82, 2.24) is 0 Å². The molecule has 2 bridgehead atoms. The van der Waals surface area contributed by atoms with Gasteiger partial charge in [-0.05, 0) is 174 Å². The molecule has 0 aromatic carbocycles. The SMILES string of the molecule is N#CC1C2=C3C4C5C6=C7C8C(C=CC9CCCC%10C%11CCC%12C(C1C#N)C3C1C%12C%11C3C%10CC(C6C3C51)C98)C1C=CC2C4C71. The van der Waals surface area contributed by atoms with E-state index < -0.39 is 0 Å². The van der Waals surface area contributed by atoms with Gasteiger partial charge in [-0.25, -0.2) is 0 Å². The summed E-state index contributed by atoms with van der Waals surface area (Å²) >= 11 is 0. The molecule has 15 aliphatic carbocycles. The number of hydrogen-bond acceptors (Lipinski definition) is 2. The van der Waals surface area contributed by atoms with Crippen LogP contribution in [0.15, 0.2) is 46.6 Å². The van der Waals surface area contributed by atoms with E-state index in [1.807, 2.05) is 5.57 Å². The van der Waals surface area contributed by atoms with E-state index in [0.717, 1.165) is 118 Å². The molecule has 44 heavy (non-hydrogen) atoms. The Balaban J connectivity index is 1.12. The van der Waals surface area contributed by atoms with Crippen LogP contribution in [0.2, 0.25) is 0 Å². The lowest BCUT2D eigenvalue weighted by atomic mass is 9.44. The van der Waals surface area contributed by atoms with E-state index in [1.54, 1.807) is 12.0 Å². The summed E-state index contributed by atoms with van der Waals surface area (Å²) < 4.78 is 0. The molecular formula is C42H42N2. The minimum absolute atomic E-state index is 0.0557. The average Bonchev–Trinajstić information content (AvgIpc) is 3.83. The van der Waals surface area contributed by atoms with Crippen molar-refractivity contribution in [1.29, 1.82) is 10.5 Å². The van der Waals surface area contributed by atoms with Crippen molar-refractivity contribution in [2.45, 2.75) is 38.5 Å². The third-order valence-corrected chi connectivity index (χ3v) is 20.3. The summed E-state index contributed by atoms with van der Waals surface area (Å²) in [5, 5.41) is 22.1. The topological polar surface area (TPSA) is 47.6 Å². The zero-order chi connectivity index (χ0) is 27.8. The van der Waals surface area contributed by atoms with Gasteiger partial charge < -0.3 is 0 Å². The van der Waals surface area contributed by atoms with Crippen molar-refractivity contribution < 1.29 is 0 Å². The Kier molecular flexibility index (Phi) is 3.34. The van der Waals surface area contributed by atoms with Gasteiger partial charge in [0.2, 0.25) is 0 Å². The summed E-state index contributed by atoms with van der Waals surface area (Å²) in [4.78, 5) is 0. The number of hydrogen-bond donors (Lipinski definition) is 0. The number of nitrogens with zero attached hydrogens (tertiary/aromatic N) is 2. The van der Waals surface area contributed by atoms with Crippen molar-refractivity contribution in [2.24, 2.45) is 154 Å². The Hall–Kier alpha value is -2.06. The number of allylic oxidation sites excluding steroid dienone is 8. The predicted octanol–water partition coefficient (Wildman–Crippen LogP) is 7.30. The lowest BCUT2D eigenvalue weighted by Gasteiger charge is -2.60. The highest BCUT2D eigenvalue weighted by atomic mass is 14.9. The van der Waals surface area contributed by atoms with Crippen LogP contribution in [0.25, 0.3) is 0 Å². The van der Waals surface area contributed by atoms with E-state index in [2.05, 4.69) is 47.6 Å². The highest BCUT2D eigenvalue weighted by Gasteiger charge is 2.83. The molecule has 0 aromatic rings. The Morgan fingerprint density at radius 3 is 2.07 bits per heavy atom. The summed E-state index contributed by atoms with van der Waals surface area (Å²) in [5.74, 6) is 19.7. The van der Waals surface area contributed by atoms with Gasteiger partial charge in [-0.1, -0.05) is 47.4 Å². The Bertz CT molecular complexity index is 1760. The zero-order valence-corrected chi connectivity index (χ0v) is 25.5. The summed E-state index contributed by atoms with van der Waals surface area (Å²) in [5.41, 5.74) is 7.69. The lowest BCUT2D eigenvalue weighted by molar-refractivity contribution is -0.114. The molecule has 0 saturated heterocycles. The van der Waals surface area contributed by atoms with Crippen LogP contribution in [-0.4, -0.2) is 0 Å².